The normalized spacial score (nSPS) is 19.0. The number of ether oxygens (including phenoxy) is 1. The van der Waals surface area contributed by atoms with Crippen LogP contribution in [0.3, 0.4) is 0 Å². The van der Waals surface area contributed by atoms with Crippen molar-refractivity contribution in [2.75, 3.05) is 13.1 Å². The van der Waals surface area contributed by atoms with Crippen LogP contribution in [0.5, 0.6) is 0 Å². The Morgan fingerprint density at radius 3 is 2.82 bits per heavy atom. The molecule has 1 saturated heterocycles. The molecule has 0 unspecified atom stereocenters. The van der Waals surface area contributed by atoms with E-state index in [1.807, 2.05) is 37.8 Å². The van der Waals surface area contributed by atoms with Crippen molar-refractivity contribution in [3.63, 3.8) is 0 Å². The number of carbonyl (C=O) groups excluding carboxylic acids is 1. The number of allylic oxidation sites excluding steroid dienone is 1. The predicted molar refractivity (Wildman–Crippen MR) is 127 cm³/mol. The van der Waals surface area contributed by atoms with E-state index in [9.17, 15) is 10.2 Å². The molecule has 2 fully saturated rings. The van der Waals surface area contributed by atoms with Gasteiger partial charge in [0, 0.05) is 30.8 Å². The summed E-state index contributed by atoms with van der Waals surface area (Å²) in [5, 5.41) is 12.7. The van der Waals surface area contributed by atoms with Gasteiger partial charge in [-0.1, -0.05) is 30.5 Å². The number of likely N-dealkylation sites (tertiary alicyclic amines) is 1. The van der Waals surface area contributed by atoms with Crippen molar-refractivity contribution in [1.29, 1.82) is 0 Å². The average molecular weight is 442 g/mol. The summed E-state index contributed by atoms with van der Waals surface area (Å²) in [6.45, 7) is 12.6. The number of hydrogen-bond donors (Lipinski definition) is 1. The standard InChI is InChI=1S/C25H32N5O2.Li/c1-5-23(30-14-12-20(17-30)29-24(31)32-25(2,3)4)28-16-19(15-26)21-7-6-13-27-22(21)11-10-18-8-9-18;/h1,5-7,13,15,18,20H,8-12,14,17H2,2-4H3,(H,29,31);/q-3;+1/t20-;/m0./s1. The fourth-order valence-corrected chi connectivity index (χ4v) is 3.68. The number of nitrogens with one attached hydrogen (secondary N) is 1. The van der Waals surface area contributed by atoms with Crippen molar-refractivity contribution in [3.8, 4) is 0 Å². The Labute approximate surface area is 209 Å². The number of nitrogens with zero attached hydrogens (tertiary/aromatic N) is 4. The molecular formula is C25H32LiN5O2-2. The average Bonchev–Trinajstić information content (AvgIpc) is 3.46. The summed E-state index contributed by atoms with van der Waals surface area (Å²) in [5.74, 6) is 1.33. The Morgan fingerprint density at radius 2 is 2.18 bits per heavy atom. The van der Waals surface area contributed by atoms with Gasteiger partial charge in [-0.15, -0.1) is 5.57 Å². The molecule has 1 aromatic heterocycles. The Kier molecular flexibility index (Phi) is 9.94. The van der Waals surface area contributed by atoms with Gasteiger partial charge >= 0.3 is 25.0 Å². The maximum absolute atomic E-state index is 12.0. The molecule has 3 rings (SSSR count). The molecule has 0 bridgehead atoms. The molecular weight excluding hydrogens is 409 g/mol. The second kappa shape index (κ2) is 12.2. The van der Waals surface area contributed by atoms with Crippen LogP contribution in [0.4, 0.5) is 4.79 Å². The van der Waals surface area contributed by atoms with Crippen molar-refractivity contribution in [3.05, 3.63) is 53.9 Å². The first-order valence-corrected chi connectivity index (χ1v) is 11.2. The third kappa shape index (κ3) is 8.49. The predicted octanol–water partition coefficient (Wildman–Crippen LogP) is 1.20. The molecule has 1 atom stereocenters. The van der Waals surface area contributed by atoms with Crippen molar-refractivity contribution >= 4 is 23.7 Å². The maximum Gasteiger partial charge on any atom is 1.00 e. The molecule has 0 aromatic carbocycles. The fraction of sp³-hybridized carbons (Fsp3) is 0.520. The van der Waals surface area contributed by atoms with Crippen molar-refractivity contribution in [2.45, 2.75) is 64.5 Å². The molecule has 2 aliphatic rings. The first-order chi connectivity index (χ1) is 15.3. The number of pyridine rings is 1. The molecule has 0 radical (unpaired) electrons. The van der Waals surface area contributed by atoms with Crippen LogP contribution in [0.15, 0.2) is 29.4 Å². The quantitative estimate of drug-likeness (QED) is 0.284. The van der Waals surface area contributed by atoms with Crippen LogP contribution in [0.1, 0.15) is 57.7 Å². The fourth-order valence-electron chi connectivity index (χ4n) is 3.68. The summed E-state index contributed by atoms with van der Waals surface area (Å²) < 4.78 is 5.33. The van der Waals surface area contributed by atoms with E-state index in [0.29, 0.717) is 24.5 Å². The monoisotopic (exact) mass is 441 g/mol. The van der Waals surface area contributed by atoms with E-state index in [-0.39, 0.29) is 24.9 Å². The van der Waals surface area contributed by atoms with E-state index in [2.05, 4.69) is 21.5 Å². The minimum absolute atomic E-state index is 0. The molecule has 1 aliphatic carbocycles. The van der Waals surface area contributed by atoms with Gasteiger partial charge in [0.15, 0.2) is 0 Å². The maximum atomic E-state index is 12.0. The summed E-state index contributed by atoms with van der Waals surface area (Å²) in [6, 6.07) is 3.70. The summed E-state index contributed by atoms with van der Waals surface area (Å²) in [6.07, 6.45) is 12.0. The molecule has 0 spiro atoms. The van der Waals surface area contributed by atoms with Crippen LogP contribution in [0.25, 0.3) is 11.0 Å². The van der Waals surface area contributed by atoms with Crippen LogP contribution in [0.2, 0.25) is 0 Å². The molecule has 1 saturated carbocycles. The Hall–Kier alpha value is -2.36. The van der Waals surface area contributed by atoms with Crippen molar-refractivity contribution in [1.82, 2.24) is 15.2 Å². The first kappa shape index (κ1) is 26.9. The number of rotatable bonds is 8. The van der Waals surface area contributed by atoms with Gasteiger partial charge in [0.25, 0.3) is 0 Å². The topological polar surface area (TPSA) is 89.1 Å². The van der Waals surface area contributed by atoms with Gasteiger partial charge in [-0.25, -0.2) is 4.79 Å². The first-order valence-electron chi connectivity index (χ1n) is 11.2. The van der Waals surface area contributed by atoms with Crippen LogP contribution >= 0.6 is 0 Å². The minimum Gasteiger partial charge on any atom is -0.862 e. The number of aromatic nitrogens is 1. The second-order valence-electron chi connectivity index (χ2n) is 9.35. The van der Waals surface area contributed by atoms with Crippen LogP contribution < -0.4 is 24.2 Å². The van der Waals surface area contributed by atoms with E-state index in [1.54, 1.807) is 6.20 Å². The van der Waals surface area contributed by atoms with E-state index in [4.69, 9.17) is 11.3 Å². The number of aliphatic imine (C=N–C) groups is 1. The van der Waals surface area contributed by atoms with Gasteiger partial charge in [0.1, 0.15) is 5.60 Å². The van der Waals surface area contributed by atoms with Gasteiger partial charge in [-0.3, -0.25) is 17.8 Å². The number of amides is 1. The molecule has 1 aromatic rings. The van der Waals surface area contributed by atoms with Crippen LogP contribution in [-0.4, -0.2) is 52.8 Å². The second-order valence-corrected chi connectivity index (χ2v) is 9.35. The summed E-state index contributed by atoms with van der Waals surface area (Å²) >= 11 is 0. The Balaban J connectivity index is 0.00000385. The van der Waals surface area contributed by atoms with Crippen LogP contribution in [0, 0.1) is 18.7 Å². The van der Waals surface area contributed by atoms with Gasteiger partial charge in [0.05, 0.1) is 6.04 Å². The number of carbonyl (C=O) groups is 1. The van der Waals surface area contributed by atoms with Crippen molar-refractivity contribution in [2.24, 2.45) is 10.9 Å². The van der Waals surface area contributed by atoms with Crippen LogP contribution in [-0.2, 0) is 11.2 Å². The smallest absolute Gasteiger partial charge is 0.862 e. The SMILES string of the molecule is [CH-]=CC(=N[C-]=C(C=[N-])c1cccnc1CCC1CC1)N1CC[C@H](NC(=O)OC(C)(C)C)C1.[Li+]. The third-order valence-corrected chi connectivity index (χ3v) is 5.47. The number of aryl methyl sites for hydroxylation is 1. The van der Waals surface area contributed by atoms with E-state index >= 15 is 0 Å². The number of alkyl carbamates (subject to hydrolysis) is 1. The van der Waals surface area contributed by atoms with Gasteiger partial charge in [0.2, 0.25) is 0 Å². The van der Waals surface area contributed by atoms with Crippen molar-refractivity contribution < 1.29 is 28.4 Å². The molecule has 1 aliphatic heterocycles. The molecule has 1 amide bonds. The van der Waals surface area contributed by atoms with E-state index in [0.717, 1.165) is 42.7 Å². The van der Waals surface area contributed by atoms with Gasteiger partial charge in [-0.05, 0) is 52.2 Å². The summed E-state index contributed by atoms with van der Waals surface area (Å²) in [7, 11) is 0. The van der Waals surface area contributed by atoms with E-state index < -0.39 is 11.7 Å². The molecule has 172 valence electrons. The molecule has 2 heterocycles. The third-order valence-electron chi connectivity index (χ3n) is 5.47. The zero-order valence-corrected chi connectivity index (χ0v) is 20.2. The molecule has 8 heteroatoms. The Morgan fingerprint density at radius 1 is 1.42 bits per heavy atom. The zero-order chi connectivity index (χ0) is 23.1. The molecule has 33 heavy (non-hydrogen) atoms. The minimum atomic E-state index is -0.541. The molecule has 7 nitrogen and oxygen atoms in total. The number of amidine groups is 1. The summed E-state index contributed by atoms with van der Waals surface area (Å²) in [4.78, 5) is 22.9. The Bertz CT molecular complexity index is 902. The number of hydrogen-bond acceptors (Lipinski definition) is 4. The summed E-state index contributed by atoms with van der Waals surface area (Å²) in [5.41, 5.74) is 1.68. The van der Waals surface area contributed by atoms with E-state index in [1.165, 1.54) is 18.9 Å². The van der Waals surface area contributed by atoms with Gasteiger partial charge in [-0.2, -0.15) is 6.08 Å². The van der Waals surface area contributed by atoms with Gasteiger partial charge < -0.3 is 25.4 Å². The zero-order valence-electron chi connectivity index (χ0n) is 20.2. The molecule has 1 N–H and O–H groups in total. The largest absolute Gasteiger partial charge is 1.00 e.